The molecule has 1 aromatic heterocycles. The standard InChI is InChI=1S/C27H29N3O2/c31-25-16-27(13-7-2-8-14-27)17-26(32)23(25)15-21-11-5-6-12-22(21)24-19-30(29-28-24)18-20-9-3-1-4-10-20/h1,3-6,9-12,19,31H,2,7-8,13-18H2. The zero-order valence-electron chi connectivity index (χ0n) is 18.3. The zero-order chi connectivity index (χ0) is 22.0. The summed E-state index contributed by atoms with van der Waals surface area (Å²) in [6.45, 7) is 0.655. The molecule has 0 radical (unpaired) electrons. The molecule has 1 fully saturated rings. The molecule has 0 atom stereocenters. The van der Waals surface area contributed by atoms with Gasteiger partial charge in [0.05, 0.1) is 18.5 Å². The normalized spacial score (nSPS) is 18.3. The molecule has 5 heteroatoms. The van der Waals surface area contributed by atoms with Crippen molar-refractivity contribution < 1.29 is 9.90 Å². The highest BCUT2D eigenvalue weighted by Gasteiger charge is 2.40. The predicted octanol–water partition coefficient (Wildman–Crippen LogP) is 5.66. The number of Topliss-reactive ketones (excluding diaryl/α,β-unsaturated/α-hetero) is 1. The van der Waals surface area contributed by atoms with Gasteiger partial charge < -0.3 is 5.11 Å². The van der Waals surface area contributed by atoms with Crippen LogP contribution >= 0.6 is 0 Å². The summed E-state index contributed by atoms with van der Waals surface area (Å²) in [5, 5.41) is 19.6. The van der Waals surface area contributed by atoms with Gasteiger partial charge in [0.25, 0.3) is 0 Å². The van der Waals surface area contributed by atoms with Crippen molar-refractivity contribution in [2.75, 3.05) is 0 Å². The number of hydrogen-bond donors (Lipinski definition) is 1. The highest BCUT2D eigenvalue weighted by molar-refractivity contribution is 5.97. The quantitative estimate of drug-likeness (QED) is 0.570. The van der Waals surface area contributed by atoms with Crippen LogP contribution in [0.5, 0.6) is 0 Å². The Kier molecular flexibility index (Phi) is 5.64. The smallest absolute Gasteiger partial charge is 0.163 e. The Labute approximate surface area is 188 Å². The first-order valence-corrected chi connectivity index (χ1v) is 11.6. The first-order chi connectivity index (χ1) is 15.6. The number of carbonyl (C=O) groups is 1. The summed E-state index contributed by atoms with van der Waals surface area (Å²) in [5.74, 6) is 0.406. The first-order valence-electron chi connectivity index (χ1n) is 11.6. The summed E-state index contributed by atoms with van der Waals surface area (Å²) >= 11 is 0. The third-order valence-corrected chi connectivity index (χ3v) is 7.06. The molecule has 5 rings (SSSR count). The number of hydrogen-bond acceptors (Lipinski definition) is 4. The maximum Gasteiger partial charge on any atom is 0.163 e. The predicted molar refractivity (Wildman–Crippen MR) is 124 cm³/mol. The molecule has 5 nitrogen and oxygen atoms in total. The van der Waals surface area contributed by atoms with Gasteiger partial charge in [0.1, 0.15) is 5.69 Å². The van der Waals surface area contributed by atoms with Crippen molar-refractivity contribution in [1.82, 2.24) is 15.0 Å². The Morgan fingerprint density at radius 3 is 2.47 bits per heavy atom. The average Bonchev–Trinajstić information content (AvgIpc) is 3.26. The monoisotopic (exact) mass is 427 g/mol. The summed E-state index contributed by atoms with van der Waals surface area (Å²) in [7, 11) is 0. The fraction of sp³-hybridized carbons (Fsp3) is 0.370. The Morgan fingerprint density at radius 2 is 1.69 bits per heavy atom. The number of aliphatic hydroxyl groups excluding tert-OH is 1. The molecule has 0 unspecified atom stereocenters. The molecule has 2 aliphatic rings. The van der Waals surface area contributed by atoms with E-state index in [9.17, 15) is 9.90 Å². The lowest BCUT2D eigenvalue weighted by atomic mass is 9.64. The van der Waals surface area contributed by atoms with E-state index in [1.54, 1.807) is 0 Å². The first kappa shape index (κ1) is 20.7. The summed E-state index contributed by atoms with van der Waals surface area (Å²) in [4.78, 5) is 13.1. The van der Waals surface area contributed by atoms with Crippen molar-refractivity contribution in [3.05, 3.63) is 83.3 Å². The van der Waals surface area contributed by atoms with E-state index in [1.807, 2.05) is 53.3 Å². The van der Waals surface area contributed by atoms with E-state index in [-0.39, 0.29) is 11.2 Å². The van der Waals surface area contributed by atoms with Crippen LogP contribution in [0.3, 0.4) is 0 Å². The van der Waals surface area contributed by atoms with E-state index in [1.165, 1.54) is 6.42 Å². The Bertz CT molecular complexity index is 1140. The van der Waals surface area contributed by atoms with Gasteiger partial charge in [-0.15, -0.1) is 5.10 Å². The number of ketones is 1. The van der Waals surface area contributed by atoms with Crippen molar-refractivity contribution in [1.29, 1.82) is 0 Å². The molecule has 3 aromatic rings. The minimum atomic E-state index is -0.0113. The number of carbonyl (C=O) groups excluding carboxylic acids is 1. The molecule has 1 saturated carbocycles. The summed E-state index contributed by atoms with van der Waals surface area (Å²) in [5.41, 5.74) is 4.46. The molecule has 1 heterocycles. The number of aliphatic hydroxyl groups is 1. The average molecular weight is 428 g/mol. The molecule has 0 aliphatic heterocycles. The molecule has 2 aliphatic carbocycles. The van der Waals surface area contributed by atoms with Gasteiger partial charge in [-0.1, -0.05) is 79.1 Å². The third-order valence-electron chi connectivity index (χ3n) is 7.06. The van der Waals surface area contributed by atoms with Gasteiger partial charge in [-0.2, -0.15) is 0 Å². The summed E-state index contributed by atoms with van der Waals surface area (Å²) < 4.78 is 1.83. The minimum Gasteiger partial charge on any atom is -0.512 e. The van der Waals surface area contributed by atoms with Crippen molar-refractivity contribution in [2.45, 2.75) is 57.9 Å². The van der Waals surface area contributed by atoms with Gasteiger partial charge in [-0.25, -0.2) is 4.68 Å². The van der Waals surface area contributed by atoms with Crippen molar-refractivity contribution >= 4 is 5.78 Å². The van der Waals surface area contributed by atoms with Gasteiger partial charge in [0.2, 0.25) is 0 Å². The van der Waals surface area contributed by atoms with Crippen LogP contribution in [0.25, 0.3) is 11.3 Å². The van der Waals surface area contributed by atoms with Gasteiger partial charge >= 0.3 is 0 Å². The van der Waals surface area contributed by atoms with Crippen molar-refractivity contribution in [3.8, 4) is 11.3 Å². The molecule has 2 aromatic carbocycles. The largest absolute Gasteiger partial charge is 0.512 e. The molecule has 0 saturated heterocycles. The number of rotatable bonds is 5. The van der Waals surface area contributed by atoms with E-state index >= 15 is 0 Å². The molecular formula is C27H29N3O2. The SMILES string of the molecule is O=C1CC2(CCCCC2)CC(O)=C1Cc1ccccc1-c1cn(Cc2ccccc2)nn1. The van der Waals surface area contributed by atoms with Gasteiger partial charge in [-0.05, 0) is 29.4 Å². The maximum absolute atomic E-state index is 13.1. The van der Waals surface area contributed by atoms with Crippen molar-refractivity contribution in [3.63, 3.8) is 0 Å². The second-order valence-electron chi connectivity index (χ2n) is 9.38. The molecule has 1 N–H and O–H groups in total. The van der Waals surface area contributed by atoms with E-state index in [2.05, 4.69) is 22.4 Å². The number of allylic oxidation sites excluding steroid dienone is 2. The van der Waals surface area contributed by atoms with E-state index in [0.29, 0.717) is 37.1 Å². The minimum absolute atomic E-state index is 0.0113. The number of nitrogens with zero attached hydrogens (tertiary/aromatic N) is 3. The van der Waals surface area contributed by atoms with Crippen molar-refractivity contribution in [2.24, 2.45) is 5.41 Å². The van der Waals surface area contributed by atoms with E-state index in [0.717, 1.165) is 48.1 Å². The second kappa shape index (κ2) is 8.73. The number of benzene rings is 2. The highest BCUT2D eigenvalue weighted by Crippen LogP contribution is 2.48. The van der Waals surface area contributed by atoms with Crippen LogP contribution in [0, 0.1) is 5.41 Å². The van der Waals surface area contributed by atoms with Crippen LogP contribution in [0.15, 0.2) is 72.1 Å². The Morgan fingerprint density at radius 1 is 0.938 bits per heavy atom. The van der Waals surface area contributed by atoms with Gasteiger partial charge in [-0.3, -0.25) is 4.79 Å². The van der Waals surface area contributed by atoms with Crippen LogP contribution in [0.2, 0.25) is 0 Å². The summed E-state index contributed by atoms with van der Waals surface area (Å²) in [6, 6.07) is 18.1. The van der Waals surface area contributed by atoms with E-state index in [4.69, 9.17) is 0 Å². The Balaban J connectivity index is 1.39. The highest BCUT2D eigenvalue weighted by atomic mass is 16.3. The van der Waals surface area contributed by atoms with Crippen LogP contribution in [-0.2, 0) is 17.8 Å². The summed E-state index contributed by atoms with van der Waals surface area (Å²) in [6.07, 6.45) is 9.27. The zero-order valence-corrected chi connectivity index (χ0v) is 18.3. The number of aromatic nitrogens is 3. The van der Waals surface area contributed by atoms with Crippen LogP contribution in [0.1, 0.15) is 56.1 Å². The molecular weight excluding hydrogens is 398 g/mol. The van der Waals surface area contributed by atoms with Gasteiger partial charge in [0, 0.05) is 30.4 Å². The molecule has 0 bridgehead atoms. The molecule has 32 heavy (non-hydrogen) atoms. The topological polar surface area (TPSA) is 68.0 Å². The third kappa shape index (κ3) is 4.24. The van der Waals surface area contributed by atoms with E-state index < -0.39 is 0 Å². The van der Waals surface area contributed by atoms with Gasteiger partial charge in [0.15, 0.2) is 5.78 Å². The van der Waals surface area contributed by atoms with Crippen LogP contribution in [-0.4, -0.2) is 25.9 Å². The molecule has 0 amide bonds. The second-order valence-corrected chi connectivity index (χ2v) is 9.38. The van der Waals surface area contributed by atoms with Crippen LogP contribution < -0.4 is 0 Å². The molecule has 1 spiro atoms. The molecule has 164 valence electrons. The lowest BCUT2D eigenvalue weighted by Crippen LogP contribution is -2.33. The lowest BCUT2D eigenvalue weighted by Gasteiger charge is -2.40. The van der Waals surface area contributed by atoms with Crippen LogP contribution in [0.4, 0.5) is 0 Å². The fourth-order valence-corrected chi connectivity index (χ4v) is 5.37. The maximum atomic E-state index is 13.1. The fourth-order valence-electron chi connectivity index (χ4n) is 5.37. The lowest BCUT2D eigenvalue weighted by molar-refractivity contribution is -0.119. The Hall–Kier alpha value is -3.21.